The maximum Gasteiger partial charge on any atom is 0.229 e. The van der Waals surface area contributed by atoms with Crippen LogP contribution in [-0.4, -0.2) is 32.8 Å². The zero-order chi connectivity index (χ0) is 18.9. The number of nitrogens with one attached hydrogen (secondary N) is 2. The Balaban J connectivity index is 1.37. The maximum absolute atomic E-state index is 5.63. The predicted octanol–water partition coefficient (Wildman–Crippen LogP) is 3.62. The lowest BCUT2D eigenvalue weighted by Crippen LogP contribution is -2.12. The highest BCUT2D eigenvalue weighted by atomic mass is 15.3. The summed E-state index contributed by atoms with van der Waals surface area (Å²) in [5.74, 6) is 2.95. The van der Waals surface area contributed by atoms with E-state index in [1.54, 1.807) is 0 Å². The van der Waals surface area contributed by atoms with Gasteiger partial charge in [0, 0.05) is 35.9 Å². The highest BCUT2D eigenvalue weighted by Gasteiger charge is 2.27. The van der Waals surface area contributed by atoms with Crippen LogP contribution in [0, 0.1) is 5.92 Å². The fourth-order valence-corrected chi connectivity index (χ4v) is 3.56. The van der Waals surface area contributed by atoms with Crippen LogP contribution in [0.2, 0.25) is 0 Å². The average Bonchev–Trinajstić information content (AvgIpc) is 3.62. The zero-order valence-corrected chi connectivity index (χ0v) is 16.1. The summed E-state index contributed by atoms with van der Waals surface area (Å²) in [6.45, 7) is 2.52. The van der Waals surface area contributed by atoms with Gasteiger partial charge in [0.25, 0.3) is 0 Å². The molecule has 0 bridgehead atoms. The molecule has 2 aliphatic carbocycles. The van der Waals surface area contributed by atoms with E-state index in [0.717, 1.165) is 42.5 Å². The molecule has 0 aliphatic heterocycles. The van der Waals surface area contributed by atoms with Crippen LogP contribution in [0.25, 0.3) is 10.9 Å². The standard InChI is InChI=1S/C21H27N7/c22-8-1-9-23-20-18(15-4-5-15)12-24-21(27-20)26-17-7-6-16-11-25-28(19(16)10-17)13-14-2-3-14/h6-7,10-12,14-15H,1-5,8-9,13,22H2,(H2,23,24,26,27). The van der Waals surface area contributed by atoms with E-state index in [4.69, 9.17) is 10.7 Å². The summed E-state index contributed by atoms with van der Waals surface area (Å²) in [5, 5.41) is 12.5. The average molecular weight is 377 g/mol. The van der Waals surface area contributed by atoms with E-state index in [-0.39, 0.29) is 0 Å². The van der Waals surface area contributed by atoms with Crippen LogP contribution >= 0.6 is 0 Å². The van der Waals surface area contributed by atoms with Gasteiger partial charge in [-0.3, -0.25) is 4.68 Å². The van der Waals surface area contributed by atoms with Gasteiger partial charge < -0.3 is 16.4 Å². The Kier molecular flexibility index (Phi) is 4.60. The molecule has 7 nitrogen and oxygen atoms in total. The number of hydrogen-bond acceptors (Lipinski definition) is 6. The fourth-order valence-electron chi connectivity index (χ4n) is 3.56. The summed E-state index contributed by atoms with van der Waals surface area (Å²) >= 11 is 0. The molecule has 0 radical (unpaired) electrons. The molecule has 2 saturated carbocycles. The van der Waals surface area contributed by atoms with Gasteiger partial charge in [0.1, 0.15) is 5.82 Å². The summed E-state index contributed by atoms with van der Waals surface area (Å²) in [6.07, 6.45) is 9.93. The van der Waals surface area contributed by atoms with Crippen LogP contribution in [0.1, 0.15) is 43.6 Å². The normalized spacial score (nSPS) is 16.5. The Bertz CT molecular complexity index is 972. The lowest BCUT2D eigenvalue weighted by atomic mass is 10.2. The number of nitrogens with zero attached hydrogens (tertiary/aromatic N) is 4. The monoisotopic (exact) mass is 377 g/mol. The maximum atomic E-state index is 5.63. The Morgan fingerprint density at radius 3 is 2.82 bits per heavy atom. The van der Waals surface area contributed by atoms with E-state index in [1.165, 1.54) is 36.6 Å². The molecule has 4 N–H and O–H groups in total. The first-order valence-corrected chi connectivity index (χ1v) is 10.3. The molecule has 28 heavy (non-hydrogen) atoms. The minimum atomic E-state index is 0.600. The van der Waals surface area contributed by atoms with Crippen LogP contribution in [0.4, 0.5) is 17.5 Å². The number of anilines is 3. The summed E-state index contributed by atoms with van der Waals surface area (Å²) in [5.41, 5.74) is 8.99. The lowest BCUT2D eigenvalue weighted by Gasteiger charge is -2.13. The van der Waals surface area contributed by atoms with Crippen molar-refractivity contribution in [2.24, 2.45) is 11.7 Å². The predicted molar refractivity (Wildman–Crippen MR) is 112 cm³/mol. The topological polar surface area (TPSA) is 93.7 Å². The Morgan fingerprint density at radius 2 is 2.04 bits per heavy atom. The van der Waals surface area contributed by atoms with Crippen LogP contribution < -0.4 is 16.4 Å². The smallest absolute Gasteiger partial charge is 0.229 e. The molecule has 7 heteroatoms. The minimum Gasteiger partial charge on any atom is -0.370 e. The second-order valence-corrected chi connectivity index (χ2v) is 8.01. The van der Waals surface area contributed by atoms with E-state index in [9.17, 15) is 0 Å². The summed E-state index contributed by atoms with van der Waals surface area (Å²) in [7, 11) is 0. The first kappa shape index (κ1) is 17.4. The first-order chi connectivity index (χ1) is 13.8. The van der Waals surface area contributed by atoms with Crippen molar-refractivity contribution in [3.05, 3.63) is 36.2 Å². The number of hydrogen-bond donors (Lipinski definition) is 3. The largest absolute Gasteiger partial charge is 0.370 e. The molecule has 0 amide bonds. The zero-order valence-electron chi connectivity index (χ0n) is 16.1. The van der Waals surface area contributed by atoms with E-state index in [1.807, 2.05) is 12.4 Å². The molecule has 0 atom stereocenters. The van der Waals surface area contributed by atoms with Gasteiger partial charge >= 0.3 is 0 Å². The quantitative estimate of drug-likeness (QED) is 0.493. The summed E-state index contributed by atoms with van der Waals surface area (Å²) < 4.78 is 2.12. The van der Waals surface area contributed by atoms with Crippen molar-refractivity contribution >= 4 is 28.4 Å². The lowest BCUT2D eigenvalue weighted by molar-refractivity contribution is 0.580. The van der Waals surface area contributed by atoms with Crippen molar-refractivity contribution in [1.82, 2.24) is 19.7 Å². The molecule has 146 valence electrons. The van der Waals surface area contributed by atoms with Gasteiger partial charge in [-0.05, 0) is 68.7 Å². The highest BCUT2D eigenvalue weighted by Crippen LogP contribution is 2.42. The van der Waals surface area contributed by atoms with Gasteiger partial charge in [0.15, 0.2) is 0 Å². The number of benzene rings is 1. The number of rotatable bonds is 9. The molecule has 0 unspecified atom stereocenters. The number of nitrogens with two attached hydrogens (primary N) is 1. The van der Waals surface area contributed by atoms with Gasteiger partial charge in [0.05, 0.1) is 11.7 Å². The van der Waals surface area contributed by atoms with Crippen molar-refractivity contribution in [2.45, 2.75) is 44.6 Å². The molecule has 3 aromatic rings. The summed E-state index contributed by atoms with van der Waals surface area (Å²) in [6, 6.07) is 6.31. The van der Waals surface area contributed by atoms with Gasteiger partial charge in [-0.1, -0.05) is 0 Å². The van der Waals surface area contributed by atoms with Crippen molar-refractivity contribution in [1.29, 1.82) is 0 Å². The molecule has 1 aromatic carbocycles. The summed E-state index contributed by atoms with van der Waals surface area (Å²) in [4.78, 5) is 9.32. The van der Waals surface area contributed by atoms with Crippen LogP contribution in [-0.2, 0) is 6.54 Å². The van der Waals surface area contributed by atoms with Crippen molar-refractivity contribution in [3.63, 3.8) is 0 Å². The molecular weight excluding hydrogens is 350 g/mol. The number of fused-ring (bicyclic) bond motifs is 1. The molecule has 0 spiro atoms. The van der Waals surface area contributed by atoms with Crippen LogP contribution in [0.3, 0.4) is 0 Å². The van der Waals surface area contributed by atoms with E-state index < -0.39 is 0 Å². The second kappa shape index (κ2) is 7.39. The first-order valence-electron chi connectivity index (χ1n) is 10.3. The van der Waals surface area contributed by atoms with Gasteiger partial charge in [0.2, 0.25) is 5.95 Å². The molecule has 2 heterocycles. The molecule has 2 fully saturated rings. The van der Waals surface area contributed by atoms with E-state index in [0.29, 0.717) is 18.4 Å². The molecule has 0 saturated heterocycles. The van der Waals surface area contributed by atoms with Crippen LogP contribution in [0.5, 0.6) is 0 Å². The second-order valence-electron chi connectivity index (χ2n) is 8.01. The van der Waals surface area contributed by atoms with Crippen molar-refractivity contribution in [2.75, 3.05) is 23.7 Å². The highest BCUT2D eigenvalue weighted by molar-refractivity contribution is 5.83. The molecule has 2 aromatic heterocycles. The third-order valence-corrected chi connectivity index (χ3v) is 5.54. The van der Waals surface area contributed by atoms with E-state index >= 15 is 0 Å². The third-order valence-electron chi connectivity index (χ3n) is 5.54. The molecule has 5 rings (SSSR count). The fraction of sp³-hybridized carbons (Fsp3) is 0.476. The third kappa shape index (κ3) is 3.80. The van der Waals surface area contributed by atoms with Gasteiger partial charge in [-0.2, -0.15) is 10.1 Å². The minimum absolute atomic E-state index is 0.600. The SMILES string of the molecule is NCCCNc1nc(Nc2ccc3cnn(CC4CC4)c3c2)ncc1C1CC1. The Hall–Kier alpha value is -2.67. The van der Waals surface area contributed by atoms with Crippen LogP contribution in [0.15, 0.2) is 30.6 Å². The molecule has 2 aliphatic rings. The van der Waals surface area contributed by atoms with Gasteiger partial charge in [-0.15, -0.1) is 0 Å². The van der Waals surface area contributed by atoms with Gasteiger partial charge in [-0.25, -0.2) is 4.98 Å². The number of aromatic nitrogens is 4. The Labute approximate surface area is 164 Å². The van der Waals surface area contributed by atoms with Crippen molar-refractivity contribution < 1.29 is 0 Å². The molecular formula is C21H27N7. The van der Waals surface area contributed by atoms with Crippen molar-refractivity contribution in [3.8, 4) is 0 Å². The Morgan fingerprint density at radius 1 is 1.14 bits per heavy atom. The van der Waals surface area contributed by atoms with E-state index in [2.05, 4.69) is 43.6 Å².